The molecule has 3 heterocycles. The van der Waals surface area contributed by atoms with E-state index >= 15 is 0 Å². The van der Waals surface area contributed by atoms with Crippen molar-refractivity contribution in [3.8, 4) is 9.88 Å². The van der Waals surface area contributed by atoms with E-state index in [-0.39, 0.29) is 18.2 Å². The van der Waals surface area contributed by atoms with E-state index in [0.29, 0.717) is 24.5 Å². The summed E-state index contributed by atoms with van der Waals surface area (Å²) in [5.41, 5.74) is 0.782. The standard InChI is InChI=1S/C21H23N3O3S3/c25-20(13-17-15-29-21(23-17)19-7-4-12-28-19)22-14-16-8-10-24(11-9-16)30(26,27)18-5-2-1-3-6-18/h1-7,12,15-16H,8-11,13-14H2,(H,22,25). The number of carbonyl (C=O) groups is 1. The van der Waals surface area contributed by atoms with Crippen LogP contribution >= 0.6 is 22.7 Å². The highest BCUT2D eigenvalue weighted by atomic mass is 32.2. The van der Waals surface area contributed by atoms with Crippen LogP contribution in [0.3, 0.4) is 0 Å². The van der Waals surface area contributed by atoms with E-state index in [1.807, 2.05) is 29.0 Å². The fourth-order valence-electron chi connectivity index (χ4n) is 3.48. The maximum absolute atomic E-state index is 12.7. The first-order chi connectivity index (χ1) is 14.5. The molecule has 1 aliphatic heterocycles. The smallest absolute Gasteiger partial charge is 0.243 e. The summed E-state index contributed by atoms with van der Waals surface area (Å²) in [6.07, 6.45) is 1.75. The highest BCUT2D eigenvalue weighted by Crippen LogP contribution is 2.28. The quantitative estimate of drug-likeness (QED) is 0.583. The van der Waals surface area contributed by atoms with Crippen LogP contribution in [0, 0.1) is 5.92 Å². The minimum absolute atomic E-state index is 0.0441. The molecule has 1 fully saturated rings. The Balaban J connectivity index is 1.23. The van der Waals surface area contributed by atoms with E-state index < -0.39 is 10.0 Å². The number of nitrogens with one attached hydrogen (secondary N) is 1. The van der Waals surface area contributed by atoms with Gasteiger partial charge in [0, 0.05) is 25.0 Å². The van der Waals surface area contributed by atoms with E-state index in [0.717, 1.165) is 28.4 Å². The first-order valence-corrected chi connectivity index (χ1v) is 13.0. The number of piperidine rings is 1. The maximum atomic E-state index is 12.7. The average molecular weight is 462 g/mol. The Kier molecular flexibility index (Phi) is 6.62. The largest absolute Gasteiger partial charge is 0.355 e. The molecule has 6 nitrogen and oxygen atoms in total. The molecule has 0 atom stereocenters. The van der Waals surface area contributed by atoms with Crippen molar-refractivity contribution in [1.82, 2.24) is 14.6 Å². The van der Waals surface area contributed by atoms with Gasteiger partial charge in [0.25, 0.3) is 0 Å². The van der Waals surface area contributed by atoms with Crippen molar-refractivity contribution < 1.29 is 13.2 Å². The molecule has 2 aromatic heterocycles. The monoisotopic (exact) mass is 461 g/mol. The highest BCUT2D eigenvalue weighted by molar-refractivity contribution is 7.89. The van der Waals surface area contributed by atoms with Crippen LogP contribution < -0.4 is 5.32 Å². The maximum Gasteiger partial charge on any atom is 0.243 e. The van der Waals surface area contributed by atoms with Crippen molar-refractivity contribution in [3.63, 3.8) is 0 Å². The normalized spacial score (nSPS) is 15.9. The van der Waals surface area contributed by atoms with Gasteiger partial charge < -0.3 is 5.32 Å². The van der Waals surface area contributed by atoms with Crippen LogP contribution in [0.2, 0.25) is 0 Å². The van der Waals surface area contributed by atoms with E-state index in [9.17, 15) is 13.2 Å². The summed E-state index contributed by atoms with van der Waals surface area (Å²) in [5.74, 6) is 0.241. The molecule has 1 aromatic carbocycles. The van der Waals surface area contributed by atoms with Gasteiger partial charge in [-0.05, 0) is 42.3 Å². The lowest BCUT2D eigenvalue weighted by Gasteiger charge is -2.31. The van der Waals surface area contributed by atoms with Gasteiger partial charge >= 0.3 is 0 Å². The lowest BCUT2D eigenvalue weighted by atomic mass is 9.98. The molecular weight excluding hydrogens is 438 g/mol. The fraction of sp³-hybridized carbons (Fsp3) is 0.333. The second-order valence-corrected chi connectivity index (χ2v) is 11.0. The summed E-state index contributed by atoms with van der Waals surface area (Å²) in [6.45, 7) is 1.53. The second-order valence-electron chi connectivity index (χ2n) is 7.26. The summed E-state index contributed by atoms with van der Waals surface area (Å²) < 4.78 is 26.9. The van der Waals surface area contributed by atoms with Gasteiger partial charge in [-0.3, -0.25) is 4.79 Å². The highest BCUT2D eigenvalue weighted by Gasteiger charge is 2.29. The number of aromatic nitrogens is 1. The number of sulfonamides is 1. The number of amides is 1. The van der Waals surface area contributed by atoms with Crippen LogP contribution in [0.15, 0.2) is 58.1 Å². The zero-order valence-electron chi connectivity index (χ0n) is 16.4. The van der Waals surface area contributed by atoms with Crippen molar-refractivity contribution in [3.05, 3.63) is 58.9 Å². The zero-order valence-corrected chi connectivity index (χ0v) is 18.8. The third-order valence-corrected chi connectivity index (χ3v) is 9.01. The van der Waals surface area contributed by atoms with Crippen molar-refractivity contribution in [2.45, 2.75) is 24.2 Å². The Morgan fingerprint density at radius 1 is 1.10 bits per heavy atom. The molecule has 0 aliphatic carbocycles. The molecule has 1 saturated heterocycles. The molecule has 0 radical (unpaired) electrons. The third-order valence-electron chi connectivity index (χ3n) is 5.17. The van der Waals surface area contributed by atoms with E-state index in [4.69, 9.17) is 0 Å². The van der Waals surface area contributed by atoms with Crippen LogP contribution in [0.4, 0.5) is 0 Å². The van der Waals surface area contributed by atoms with Crippen molar-refractivity contribution in [2.24, 2.45) is 5.92 Å². The third kappa shape index (κ3) is 4.97. The number of rotatable bonds is 7. The molecular formula is C21H23N3O3S3. The molecule has 1 aliphatic rings. The number of benzene rings is 1. The summed E-state index contributed by atoms with van der Waals surface area (Å²) >= 11 is 3.19. The predicted octanol–water partition coefficient (Wildman–Crippen LogP) is 3.63. The number of thiazole rings is 1. The number of hydrogen-bond donors (Lipinski definition) is 1. The van der Waals surface area contributed by atoms with Crippen LogP contribution in [0.1, 0.15) is 18.5 Å². The predicted molar refractivity (Wildman–Crippen MR) is 120 cm³/mol. The van der Waals surface area contributed by atoms with Gasteiger partial charge in [0.15, 0.2) is 0 Å². The number of hydrogen-bond acceptors (Lipinski definition) is 6. The molecule has 9 heteroatoms. The molecule has 30 heavy (non-hydrogen) atoms. The minimum atomic E-state index is -3.43. The minimum Gasteiger partial charge on any atom is -0.355 e. The van der Waals surface area contributed by atoms with Crippen LogP contribution in [0.5, 0.6) is 0 Å². The molecule has 4 rings (SSSR count). The molecule has 0 spiro atoms. The summed E-state index contributed by atoms with van der Waals surface area (Å²) in [5, 5.41) is 7.88. The van der Waals surface area contributed by atoms with Crippen LogP contribution in [0.25, 0.3) is 9.88 Å². The van der Waals surface area contributed by atoms with E-state index in [1.54, 1.807) is 51.2 Å². The molecule has 1 amide bonds. The molecule has 0 saturated carbocycles. The Morgan fingerprint density at radius 3 is 2.57 bits per heavy atom. The molecule has 0 unspecified atom stereocenters. The van der Waals surface area contributed by atoms with Crippen molar-refractivity contribution in [1.29, 1.82) is 0 Å². The Morgan fingerprint density at radius 2 is 1.87 bits per heavy atom. The first-order valence-electron chi connectivity index (χ1n) is 9.82. The molecule has 3 aromatic rings. The summed E-state index contributed by atoms with van der Waals surface area (Å²) in [7, 11) is -3.43. The van der Waals surface area contributed by atoms with Gasteiger partial charge in [0.2, 0.25) is 15.9 Å². The van der Waals surface area contributed by atoms with Gasteiger partial charge in [-0.25, -0.2) is 13.4 Å². The summed E-state index contributed by atoms with van der Waals surface area (Å²) in [6, 6.07) is 12.6. The first kappa shape index (κ1) is 21.2. The summed E-state index contributed by atoms with van der Waals surface area (Å²) in [4.78, 5) is 18.3. The number of nitrogens with zero attached hydrogens (tertiary/aromatic N) is 2. The molecule has 0 bridgehead atoms. The van der Waals surface area contributed by atoms with Crippen LogP contribution in [-0.4, -0.2) is 43.2 Å². The van der Waals surface area contributed by atoms with E-state index in [2.05, 4.69) is 10.3 Å². The van der Waals surface area contributed by atoms with Gasteiger partial charge in [-0.2, -0.15) is 4.31 Å². The van der Waals surface area contributed by atoms with Crippen LogP contribution in [-0.2, 0) is 21.2 Å². The van der Waals surface area contributed by atoms with E-state index in [1.165, 1.54) is 0 Å². The second kappa shape index (κ2) is 9.38. The average Bonchev–Trinajstić information content (AvgIpc) is 3.45. The van der Waals surface area contributed by atoms with Gasteiger partial charge in [-0.1, -0.05) is 24.3 Å². The number of thiophene rings is 1. The fourth-order valence-corrected chi connectivity index (χ4v) is 6.61. The van der Waals surface area contributed by atoms with Gasteiger partial charge in [0.05, 0.1) is 21.9 Å². The topological polar surface area (TPSA) is 79.4 Å². The zero-order chi connectivity index (χ0) is 21.0. The Labute approximate surface area is 184 Å². The van der Waals surface area contributed by atoms with Crippen molar-refractivity contribution >= 4 is 38.6 Å². The lowest BCUT2D eigenvalue weighted by Crippen LogP contribution is -2.41. The van der Waals surface area contributed by atoms with Gasteiger partial charge in [-0.15, -0.1) is 22.7 Å². The Hall–Kier alpha value is -2.07. The number of carbonyl (C=O) groups excluding carboxylic acids is 1. The molecule has 158 valence electrons. The molecule has 1 N–H and O–H groups in total. The Bertz CT molecular complexity index is 1070. The SMILES string of the molecule is O=C(Cc1csc(-c2cccs2)n1)NCC1CCN(S(=O)(=O)c2ccccc2)CC1. The van der Waals surface area contributed by atoms with Gasteiger partial charge in [0.1, 0.15) is 5.01 Å². The van der Waals surface area contributed by atoms with Crippen molar-refractivity contribution in [2.75, 3.05) is 19.6 Å². The lowest BCUT2D eigenvalue weighted by molar-refractivity contribution is -0.120.